The Hall–Kier alpha value is -1.09. The van der Waals surface area contributed by atoms with Crippen molar-refractivity contribution in [1.82, 2.24) is 4.98 Å². The van der Waals surface area contributed by atoms with E-state index in [9.17, 15) is 0 Å². The second kappa shape index (κ2) is 6.48. The van der Waals surface area contributed by atoms with E-state index in [1.807, 2.05) is 12.1 Å². The second-order valence-electron chi connectivity index (χ2n) is 4.15. The van der Waals surface area contributed by atoms with Gasteiger partial charge < -0.3 is 10.5 Å². The van der Waals surface area contributed by atoms with Crippen LogP contribution in [0, 0.1) is 0 Å². The molecule has 0 aliphatic heterocycles. The third kappa shape index (κ3) is 3.81. The molecule has 0 saturated heterocycles. The molecule has 0 radical (unpaired) electrons. The maximum atomic E-state index is 5.89. The predicted octanol–water partition coefficient (Wildman–Crippen LogP) is 3.06. The van der Waals surface area contributed by atoms with Crippen molar-refractivity contribution in [2.24, 2.45) is 5.73 Å². The van der Waals surface area contributed by atoms with Crippen molar-refractivity contribution in [1.29, 1.82) is 0 Å². The van der Waals surface area contributed by atoms with Crippen molar-refractivity contribution in [2.45, 2.75) is 52.2 Å². The highest BCUT2D eigenvalue weighted by atomic mass is 16.5. The Morgan fingerprint density at radius 1 is 1.38 bits per heavy atom. The molecule has 1 rings (SSSR count). The lowest BCUT2D eigenvalue weighted by atomic mass is 10.1. The monoisotopic (exact) mass is 222 g/mol. The van der Waals surface area contributed by atoms with E-state index in [-0.39, 0.29) is 12.1 Å². The van der Waals surface area contributed by atoms with Crippen LogP contribution in [0.4, 0.5) is 0 Å². The van der Waals surface area contributed by atoms with Crippen LogP contribution in [0.2, 0.25) is 0 Å². The van der Waals surface area contributed by atoms with Gasteiger partial charge in [0, 0.05) is 6.04 Å². The van der Waals surface area contributed by atoms with Gasteiger partial charge >= 0.3 is 0 Å². The molecular formula is C13H22N2O. The van der Waals surface area contributed by atoms with Crippen LogP contribution in [-0.2, 0) is 0 Å². The second-order valence-corrected chi connectivity index (χ2v) is 4.15. The molecule has 0 aliphatic rings. The highest BCUT2D eigenvalue weighted by molar-refractivity contribution is 5.21. The van der Waals surface area contributed by atoms with Crippen molar-refractivity contribution in [3.05, 3.63) is 24.0 Å². The summed E-state index contributed by atoms with van der Waals surface area (Å²) in [5, 5.41) is 0. The molecule has 2 N–H and O–H groups in total. The molecule has 1 aromatic rings. The van der Waals surface area contributed by atoms with Gasteiger partial charge in [-0.2, -0.15) is 0 Å². The van der Waals surface area contributed by atoms with Crippen molar-refractivity contribution < 1.29 is 4.74 Å². The minimum atomic E-state index is 0.0297. The van der Waals surface area contributed by atoms with Gasteiger partial charge in [0.25, 0.3) is 0 Å². The minimum absolute atomic E-state index is 0.0297. The van der Waals surface area contributed by atoms with Gasteiger partial charge in [-0.05, 0) is 31.9 Å². The van der Waals surface area contributed by atoms with E-state index in [4.69, 9.17) is 10.5 Å². The lowest BCUT2D eigenvalue weighted by Crippen LogP contribution is -2.13. The first kappa shape index (κ1) is 13.0. The van der Waals surface area contributed by atoms with E-state index in [0.717, 1.165) is 30.7 Å². The van der Waals surface area contributed by atoms with E-state index < -0.39 is 0 Å². The third-order valence-corrected chi connectivity index (χ3v) is 2.61. The highest BCUT2D eigenvalue weighted by Crippen LogP contribution is 2.17. The molecule has 0 amide bonds. The van der Waals surface area contributed by atoms with E-state index in [2.05, 4.69) is 25.8 Å². The molecule has 0 aliphatic carbocycles. The molecule has 0 bridgehead atoms. The van der Waals surface area contributed by atoms with Crippen LogP contribution < -0.4 is 10.5 Å². The average Bonchev–Trinajstić information content (AvgIpc) is 2.29. The van der Waals surface area contributed by atoms with E-state index in [0.29, 0.717) is 0 Å². The van der Waals surface area contributed by atoms with Gasteiger partial charge in [-0.3, -0.25) is 4.98 Å². The summed E-state index contributed by atoms with van der Waals surface area (Å²) in [5.41, 5.74) is 6.82. The zero-order chi connectivity index (χ0) is 12.0. The van der Waals surface area contributed by atoms with E-state index in [1.54, 1.807) is 6.20 Å². The summed E-state index contributed by atoms with van der Waals surface area (Å²) in [4.78, 5) is 4.31. The Balaban J connectivity index is 2.57. The van der Waals surface area contributed by atoms with Crippen molar-refractivity contribution >= 4 is 0 Å². The summed E-state index contributed by atoms with van der Waals surface area (Å²) in [6, 6.07) is 3.92. The lowest BCUT2D eigenvalue weighted by Gasteiger charge is -2.14. The average molecular weight is 222 g/mol. The number of ether oxygens (including phenoxy) is 1. The third-order valence-electron chi connectivity index (χ3n) is 2.61. The predicted molar refractivity (Wildman–Crippen MR) is 66.5 cm³/mol. The molecule has 3 heteroatoms. The van der Waals surface area contributed by atoms with Gasteiger partial charge in [0.15, 0.2) is 0 Å². The minimum Gasteiger partial charge on any atom is -0.489 e. The Bertz CT molecular complexity index is 297. The first-order valence-corrected chi connectivity index (χ1v) is 6.05. The Kier molecular flexibility index (Phi) is 5.26. The summed E-state index contributed by atoms with van der Waals surface area (Å²) in [7, 11) is 0. The number of pyridine rings is 1. The first-order valence-electron chi connectivity index (χ1n) is 6.05. The Labute approximate surface area is 98.0 Å². The van der Waals surface area contributed by atoms with Crippen LogP contribution in [0.15, 0.2) is 18.3 Å². The van der Waals surface area contributed by atoms with Crippen molar-refractivity contribution in [3.8, 4) is 5.75 Å². The normalized spacial score (nSPS) is 14.5. The quantitative estimate of drug-likeness (QED) is 0.804. The van der Waals surface area contributed by atoms with Crippen LogP contribution in [-0.4, -0.2) is 11.1 Å². The molecule has 0 spiro atoms. The number of aromatic nitrogens is 1. The number of rotatable bonds is 6. The van der Waals surface area contributed by atoms with Crippen molar-refractivity contribution in [3.63, 3.8) is 0 Å². The van der Waals surface area contributed by atoms with Crippen LogP contribution in [0.5, 0.6) is 5.75 Å². The largest absolute Gasteiger partial charge is 0.489 e. The van der Waals surface area contributed by atoms with Crippen LogP contribution >= 0.6 is 0 Å². The summed E-state index contributed by atoms with van der Waals surface area (Å²) in [6.45, 7) is 6.29. The molecule has 1 heterocycles. The van der Waals surface area contributed by atoms with Crippen LogP contribution in [0.1, 0.15) is 51.8 Å². The summed E-state index contributed by atoms with van der Waals surface area (Å²) >= 11 is 0. The highest BCUT2D eigenvalue weighted by Gasteiger charge is 2.06. The van der Waals surface area contributed by atoms with Gasteiger partial charge in [-0.25, -0.2) is 0 Å². The summed E-state index contributed by atoms with van der Waals surface area (Å²) in [6.07, 6.45) is 5.11. The van der Waals surface area contributed by atoms with E-state index >= 15 is 0 Å². The smallest absolute Gasteiger partial charge is 0.138 e. The van der Waals surface area contributed by atoms with Crippen LogP contribution in [0.25, 0.3) is 0 Å². The number of nitrogens with zero attached hydrogens (tertiary/aromatic N) is 1. The number of nitrogens with two attached hydrogens (primary N) is 1. The molecule has 90 valence electrons. The number of hydrogen-bond acceptors (Lipinski definition) is 3. The first-order chi connectivity index (χ1) is 7.67. The van der Waals surface area contributed by atoms with Crippen LogP contribution in [0.3, 0.4) is 0 Å². The maximum absolute atomic E-state index is 5.89. The van der Waals surface area contributed by atoms with Gasteiger partial charge in [0.2, 0.25) is 0 Å². The molecule has 2 atom stereocenters. The molecule has 3 nitrogen and oxygen atoms in total. The molecular weight excluding hydrogens is 200 g/mol. The Morgan fingerprint density at radius 3 is 2.62 bits per heavy atom. The molecule has 1 unspecified atom stereocenters. The fourth-order valence-corrected chi connectivity index (χ4v) is 1.59. The van der Waals surface area contributed by atoms with E-state index in [1.165, 1.54) is 0 Å². The zero-order valence-electron chi connectivity index (χ0n) is 10.4. The molecule has 0 saturated carbocycles. The summed E-state index contributed by atoms with van der Waals surface area (Å²) in [5.74, 6) is 0.827. The maximum Gasteiger partial charge on any atom is 0.138 e. The molecule has 0 aromatic carbocycles. The fourth-order valence-electron chi connectivity index (χ4n) is 1.59. The fraction of sp³-hybridized carbons (Fsp3) is 0.615. The van der Waals surface area contributed by atoms with Gasteiger partial charge in [0.1, 0.15) is 5.75 Å². The van der Waals surface area contributed by atoms with Gasteiger partial charge in [0.05, 0.1) is 18.0 Å². The topological polar surface area (TPSA) is 48.1 Å². The van der Waals surface area contributed by atoms with Gasteiger partial charge in [-0.1, -0.05) is 20.3 Å². The lowest BCUT2D eigenvalue weighted by molar-refractivity contribution is 0.209. The Morgan fingerprint density at radius 2 is 2.12 bits per heavy atom. The SMILES string of the molecule is CCCC(C)Oc1ccc([C@@H](N)CC)nc1. The zero-order valence-corrected chi connectivity index (χ0v) is 10.4. The van der Waals surface area contributed by atoms with Crippen molar-refractivity contribution in [2.75, 3.05) is 0 Å². The molecule has 16 heavy (non-hydrogen) atoms. The van der Waals surface area contributed by atoms with Gasteiger partial charge in [-0.15, -0.1) is 0 Å². The molecule has 1 aromatic heterocycles. The standard InChI is InChI=1S/C13H22N2O/c1-4-6-10(3)16-11-7-8-13(15-9-11)12(14)5-2/h7-10,12H,4-6,14H2,1-3H3/t10?,12-/m0/s1. The summed E-state index contributed by atoms with van der Waals surface area (Å²) < 4.78 is 5.72. The number of hydrogen-bond donors (Lipinski definition) is 1. The molecule has 0 fully saturated rings.